The van der Waals surface area contributed by atoms with Crippen molar-refractivity contribution in [3.8, 4) is 0 Å². The highest BCUT2D eigenvalue weighted by Gasteiger charge is 2.44. The Hall–Kier alpha value is -1.18. The van der Waals surface area contributed by atoms with Crippen LogP contribution in [0.1, 0.15) is 75.7 Å². The molecule has 0 N–H and O–H groups in total. The summed E-state index contributed by atoms with van der Waals surface area (Å²) in [4.78, 5) is 0. The normalized spacial score (nSPS) is 36.8. The van der Waals surface area contributed by atoms with Crippen LogP contribution in [0.25, 0.3) is 0 Å². The highest BCUT2D eigenvalue weighted by atomic mass is 19.2. The molecule has 0 aliphatic heterocycles. The average Bonchev–Trinajstić information content (AvgIpc) is 2.67. The fourth-order valence-electron chi connectivity index (χ4n) is 6.58. The Morgan fingerprint density at radius 2 is 1.62 bits per heavy atom. The second-order valence-electron chi connectivity index (χ2n) is 9.15. The van der Waals surface area contributed by atoms with Gasteiger partial charge >= 0.3 is 0 Å². The molecule has 3 aliphatic carbocycles. The van der Waals surface area contributed by atoms with E-state index in [1.165, 1.54) is 69.9 Å². The van der Waals surface area contributed by atoms with Crippen molar-refractivity contribution >= 4 is 0 Å². The van der Waals surface area contributed by atoms with E-state index in [1.807, 2.05) is 0 Å². The van der Waals surface area contributed by atoms with Crippen LogP contribution in [0.15, 0.2) is 30.9 Å². The number of hydrogen-bond donors (Lipinski definition) is 0. The molecule has 0 aromatic heterocycles. The predicted molar refractivity (Wildman–Crippen MR) is 103 cm³/mol. The molecule has 4 rings (SSSR count). The van der Waals surface area contributed by atoms with Crippen molar-refractivity contribution in [1.29, 1.82) is 0 Å². The summed E-state index contributed by atoms with van der Waals surface area (Å²) in [6, 6.07) is 4.55. The summed E-state index contributed by atoms with van der Waals surface area (Å²) >= 11 is 0. The largest absolute Gasteiger partial charge is 0.204 e. The summed E-state index contributed by atoms with van der Waals surface area (Å²) in [5.41, 5.74) is 1.01. The summed E-state index contributed by atoms with van der Waals surface area (Å²) in [5, 5.41) is 0. The van der Waals surface area contributed by atoms with Crippen LogP contribution in [-0.2, 0) is 0 Å². The maximum absolute atomic E-state index is 13.6. The zero-order valence-corrected chi connectivity index (χ0v) is 15.8. The Morgan fingerprint density at radius 3 is 2.35 bits per heavy atom. The fraction of sp³-hybridized carbons (Fsp3) is 0.667. The molecule has 6 atom stereocenters. The number of allylic oxidation sites excluding steroid dienone is 1. The van der Waals surface area contributed by atoms with Gasteiger partial charge in [-0.05, 0) is 111 Å². The molecule has 6 unspecified atom stereocenters. The number of benzene rings is 1. The van der Waals surface area contributed by atoms with Crippen LogP contribution in [0, 0.1) is 41.2 Å². The van der Waals surface area contributed by atoms with Gasteiger partial charge in [-0.1, -0.05) is 18.6 Å². The van der Waals surface area contributed by atoms with E-state index in [1.54, 1.807) is 6.07 Å². The Balaban J connectivity index is 1.39. The Labute approximate surface area is 157 Å². The molecule has 142 valence electrons. The van der Waals surface area contributed by atoms with Crippen LogP contribution in [0.3, 0.4) is 0 Å². The first kappa shape index (κ1) is 18.2. The second-order valence-corrected chi connectivity index (χ2v) is 9.15. The molecule has 1 aromatic carbocycles. The molecule has 0 radical (unpaired) electrons. The summed E-state index contributed by atoms with van der Waals surface area (Å²) in [6.45, 7) is 3.88. The minimum atomic E-state index is -0.726. The fourth-order valence-corrected chi connectivity index (χ4v) is 6.58. The first-order valence-corrected chi connectivity index (χ1v) is 10.7. The van der Waals surface area contributed by atoms with Gasteiger partial charge in [0.15, 0.2) is 11.6 Å². The monoisotopic (exact) mass is 358 g/mol. The van der Waals surface area contributed by atoms with Crippen molar-refractivity contribution < 1.29 is 8.78 Å². The Bertz CT molecular complexity index is 637. The Morgan fingerprint density at radius 1 is 0.885 bits per heavy atom. The lowest BCUT2D eigenvalue weighted by atomic mass is 9.55. The topological polar surface area (TPSA) is 0 Å². The lowest BCUT2D eigenvalue weighted by molar-refractivity contribution is 0.00564. The lowest BCUT2D eigenvalue weighted by Gasteiger charge is -2.51. The highest BCUT2D eigenvalue weighted by molar-refractivity contribution is 5.22. The van der Waals surface area contributed by atoms with Gasteiger partial charge in [0.2, 0.25) is 0 Å². The van der Waals surface area contributed by atoms with Crippen molar-refractivity contribution in [3.63, 3.8) is 0 Å². The summed E-state index contributed by atoms with van der Waals surface area (Å²) < 4.78 is 26.9. The summed E-state index contributed by atoms with van der Waals surface area (Å²) in [5.74, 6) is 3.49. The van der Waals surface area contributed by atoms with E-state index in [-0.39, 0.29) is 0 Å². The molecule has 0 spiro atoms. The van der Waals surface area contributed by atoms with Crippen LogP contribution < -0.4 is 0 Å². The van der Waals surface area contributed by atoms with Crippen molar-refractivity contribution in [3.05, 3.63) is 48.1 Å². The second kappa shape index (κ2) is 7.82. The molecule has 0 saturated heterocycles. The molecular formula is C24H32F2. The maximum Gasteiger partial charge on any atom is 0.159 e. The molecule has 0 heterocycles. The zero-order valence-electron chi connectivity index (χ0n) is 15.8. The van der Waals surface area contributed by atoms with Gasteiger partial charge in [0.25, 0.3) is 0 Å². The summed E-state index contributed by atoms with van der Waals surface area (Å²) in [6.07, 6.45) is 15.2. The van der Waals surface area contributed by atoms with Crippen molar-refractivity contribution in [2.45, 2.75) is 70.1 Å². The van der Waals surface area contributed by atoms with Crippen molar-refractivity contribution in [1.82, 2.24) is 0 Å². The number of halogens is 2. The van der Waals surface area contributed by atoms with E-state index >= 15 is 0 Å². The van der Waals surface area contributed by atoms with Crippen LogP contribution in [-0.4, -0.2) is 0 Å². The quantitative estimate of drug-likeness (QED) is 0.497. The lowest BCUT2D eigenvalue weighted by Crippen LogP contribution is -2.41. The zero-order chi connectivity index (χ0) is 18.1. The Kier molecular flexibility index (Phi) is 5.47. The molecule has 1 aromatic rings. The van der Waals surface area contributed by atoms with Gasteiger partial charge in [0.05, 0.1) is 0 Å². The van der Waals surface area contributed by atoms with Gasteiger partial charge in [-0.25, -0.2) is 8.78 Å². The first-order valence-electron chi connectivity index (χ1n) is 10.7. The molecule has 0 bridgehead atoms. The van der Waals surface area contributed by atoms with Crippen LogP contribution in [0.5, 0.6) is 0 Å². The standard InChI is InChI=1S/C24H32F2/c1-2-3-4-16-5-10-21-19(13-16)6-7-20-14-17(8-11-22(20)21)18-9-12-23(25)24(26)15-18/h2,9,12,15-17,19-22H,1,3-8,10-11,13-14H2. The number of fused-ring (bicyclic) bond motifs is 3. The molecule has 3 aliphatic rings. The number of hydrogen-bond acceptors (Lipinski definition) is 0. The van der Waals surface area contributed by atoms with E-state index in [2.05, 4.69) is 12.7 Å². The number of rotatable bonds is 4. The smallest absolute Gasteiger partial charge is 0.159 e. The van der Waals surface area contributed by atoms with Gasteiger partial charge in [-0.2, -0.15) is 0 Å². The van der Waals surface area contributed by atoms with Gasteiger partial charge in [0, 0.05) is 0 Å². The molecular weight excluding hydrogens is 326 g/mol. The first-order chi connectivity index (χ1) is 12.7. The minimum Gasteiger partial charge on any atom is -0.204 e. The van der Waals surface area contributed by atoms with Crippen LogP contribution in [0.4, 0.5) is 8.78 Å². The molecule has 3 fully saturated rings. The minimum absolute atomic E-state index is 0.423. The molecule has 0 nitrogen and oxygen atoms in total. The maximum atomic E-state index is 13.6. The van der Waals surface area contributed by atoms with E-state index < -0.39 is 11.6 Å². The average molecular weight is 359 g/mol. The third kappa shape index (κ3) is 3.62. The van der Waals surface area contributed by atoms with E-state index in [4.69, 9.17) is 0 Å². The SMILES string of the molecule is C=CCCC1CCC2C(CCC3CC(c4ccc(F)c(F)c4)CCC32)C1. The van der Waals surface area contributed by atoms with Gasteiger partial charge < -0.3 is 0 Å². The molecule has 0 amide bonds. The van der Waals surface area contributed by atoms with Crippen LogP contribution in [0.2, 0.25) is 0 Å². The third-order valence-corrected chi connectivity index (χ3v) is 7.84. The highest BCUT2D eigenvalue weighted by Crippen LogP contribution is 2.55. The van der Waals surface area contributed by atoms with E-state index in [9.17, 15) is 8.78 Å². The predicted octanol–water partition coefficient (Wildman–Crippen LogP) is 7.26. The van der Waals surface area contributed by atoms with E-state index in [0.29, 0.717) is 5.92 Å². The van der Waals surface area contributed by atoms with E-state index in [0.717, 1.165) is 41.6 Å². The summed E-state index contributed by atoms with van der Waals surface area (Å²) in [7, 11) is 0. The molecule has 3 saturated carbocycles. The third-order valence-electron chi connectivity index (χ3n) is 7.84. The van der Waals surface area contributed by atoms with Crippen LogP contribution >= 0.6 is 0 Å². The van der Waals surface area contributed by atoms with Gasteiger partial charge in [0.1, 0.15) is 0 Å². The van der Waals surface area contributed by atoms with Crippen molar-refractivity contribution in [2.75, 3.05) is 0 Å². The molecule has 2 heteroatoms. The van der Waals surface area contributed by atoms with Gasteiger partial charge in [-0.15, -0.1) is 6.58 Å². The van der Waals surface area contributed by atoms with Crippen molar-refractivity contribution in [2.24, 2.45) is 29.6 Å². The molecule has 26 heavy (non-hydrogen) atoms. The van der Waals surface area contributed by atoms with Gasteiger partial charge in [-0.3, -0.25) is 0 Å².